The number of amides is 1. The first-order valence-corrected chi connectivity index (χ1v) is 4.70. The number of thioether (sulfide) groups is 1. The van der Waals surface area contributed by atoms with Gasteiger partial charge in [-0.15, -0.1) is 11.8 Å². The van der Waals surface area contributed by atoms with Gasteiger partial charge >= 0.3 is 0 Å². The molecule has 66 valence electrons. The Hall–Kier alpha value is -1.36. The van der Waals surface area contributed by atoms with E-state index in [1.807, 2.05) is 6.08 Å². The highest BCUT2D eigenvalue weighted by Crippen LogP contribution is 2.33. The lowest BCUT2D eigenvalue weighted by Crippen LogP contribution is -2.14. The fraction of sp³-hybridized carbons (Fsp3) is 0.125. The van der Waals surface area contributed by atoms with E-state index < -0.39 is 5.91 Å². The number of hydrogen-bond donors (Lipinski definition) is 1. The van der Waals surface area contributed by atoms with Gasteiger partial charge in [0, 0.05) is 22.4 Å². The molecule has 0 aliphatic carbocycles. The topological polar surface area (TPSA) is 67.8 Å². The zero-order valence-corrected chi connectivity index (χ0v) is 7.54. The van der Waals surface area contributed by atoms with Gasteiger partial charge in [0.15, 0.2) is 0 Å². The molecule has 0 aromatic carbocycles. The van der Waals surface area contributed by atoms with Crippen LogP contribution in [0.2, 0.25) is 0 Å². The van der Waals surface area contributed by atoms with Crippen LogP contribution in [0, 0.1) is 0 Å². The molecule has 13 heavy (non-hydrogen) atoms. The van der Waals surface area contributed by atoms with Crippen LogP contribution in [0.4, 0.5) is 0 Å². The second-order valence-electron chi connectivity index (χ2n) is 2.54. The largest absolute Gasteiger partial charge is 0.364 e. The van der Waals surface area contributed by atoms with E-state index in [2.05, 4.69) is 9.98 Å². The third-order valence-electron chi connectivity index (χ3n) is 1.71. The number of carbonyl (C=O) groups excluding carboxylic acids is 1. The molecule has 0 atom stereocenters. The average Bonchev–Trinajstić information content (AvgIpc) is 2.44. The summed E-state index contributed by atoms with van der Waals surface area (Å²) in [5.74, 6) is 0.347. The van der Waals surface area contributed by atoms with Crippen LogP contribution < -0.4 is 5.73 Å². The molecule has 2 rings (SSSR count). The molecular weight excluding hydrogens is 186 g/mol. The predicted molar refractivity (Wildman–Crippen MR) is 53.7 cm³/mol. The molecule has 2 aliphatic rings. The lowest BCUT2D eigenvalue weighted by molar-refractivity contribution is -0.114. The van der Waals surface area contributed by atoms with Crippen LogP contribution in [0.3, 0.4) is 0 Å². The maximum atomic E-state index is 11.0. The normalized spacial score (nSPS) is 19.8. The Morgan fingerprint density at radius 1 is 1.62 bits per heavy atom. The van der Waals surface area contributed by atoms with E-state index in [9.17, 15) is 4.79 Å². The van der Waals surface area contributed by atoms with E-state index in [4.69, 9.17) is 5.73 Å². The first kappa shape index (κ1) is 8.25. The van der Waals surface area contributed by atoms with Gasteiger partial charge in [-0.3, -0.25) is 4.79 Å². The smallest absolute Gasteiger partial charge is 0.268 e. The van der Waals surface area contributed by atoms with Crippen LogP contribution >= 0.6 is 11.8 Å². The predicted octanol–water partition coefficient (Wildman–Crippen LogP) is 0.469. The quantitative estimate of drug-likeness (QED) is 0.657. The highest BCUT2D eigenvalue weighted by atomic mass is 32.2. The van der Waals surface area contributed by atoms with E-state index in [0.29, 0.717) is 5.70 Å². The molecule has 0 aromatic rings. The first-order valence-electron chi connectivity index (χ1n) is 3.72. The maximum absolute atomic E-state index is 11.0. The summed E-state index contributed by atoms with van der Waals surface area (Å²) in [6.45, 7) is 0. The van der Waals surface area contributed by atoms with Gasteiger partial charge in [-0.1, -0.05) is 6.08 Å². The molecular formula is C8H7N3OS. The van der Waals surface area contributed by atoms with E-state index >= 15 is 0 Å². The zero-order valence-electron chi connectivity index (χ0n) is 6.73. The van der Waals surface area contributed by atoms with Crippen molar-refractivity contribution in [1.29, 1.82) is 0 Å². The van der Waals surface area contributed by atoms with Crippen LogP contribution in [-0.4, -0.2) is 24.2 Å². The third-order valence-corrected chi connectivity index (χ3v) is 2.76. The SMILES string of the molecule is NC(=O)C1=C2SCC=C2C=NC=N1. The van der Waals surface area contributed by atoms with Crippen molar-refractivity contribution >= 4 is 30.2 Å². The highest BCUT2D eigenvalue weighted by Gasteiger charge is 2.20. The molecule has 0 saturated heterocycles. The Bertz CT molecular complexity index is 379. The molecule has 0 unspecified atom stereocenters. The summed E-state index contributed by atoms with van der Waals surface area (Å²) in [6, 6.07) is 0. The molecule has 0 aromatic heterocycles. The van der Waals surface area contributed by atoms with Crippen molar-refractivity contribution in [2.45, 2.75) is 0 Å². The zero-order chi connectivity index (χ0) is 9.26. The Labute approximate surface area is 79.3 Å². The van der Waals surface area contributed by atoms with Crippen LogP contribution in [0.1, 0.15) is 0 Å². The van der Waals surface area contributed by atoms with E-state index in [1.54, 1.807) is 18.0 Å². The monoisotopic (exact) mass is 193 g/mol. The summed E-state index contributed by atoms with van der Waals surface area (Å²) in [6.07, 6.45) is 5.03. The van der Waals surface area contributed by atoms with Crippen molar-refractivity contribution in [3.63, 3.8) is 0 Å². The minimum Gasteiger partial charge on any atom is -0.364 e. The van der Waals surface area contributed by atoms with Gasteiger partial charge in [0.05, 0.1) is 0 Å². The molecule has 0 saturated carbocycles. The van der Waals surface area contributed by atoms with Gasteiger partial charge in [-0.25, -0.2) is 9.98 Å². The lowest BCUT2D eigenvalue weighted by atomic mass is 10.2. The van der Waals surface area contributed by atoms with Crippen molar-refractivity contribution in [3.05, 3.63) is 22.3 Å². The number of hydrogen-bond acceptors (Lipinski definition) is 4. The Morgan fingerprint density at radius 2 is 2.46 bits per heavy atom. The molecule has 5 heteroatoms. The summed E-state index contributed by atoms with van der Waals surface area (Å²) >= 11 is 1.56. The molecule has 0 spiro atoms. The molecule has 0 bridgehead atoms. The Morgan fingerprint density at radius 3 is 3.23 bits per heavy atom. The van der Waals surface area contributed by atoms with E-state index in [-0.39, 0.29) is 0 Å². The highest BCUT2D eigenvalue weighted by molar-refractivity contribution is 8.03. The van der Waals surface area contributed by atoms with Crippen LogP contribution in [0.25, 0.3) is 0 Å². The third kappa shape index (κ3) is 1.42. The molecule has 2 N–H and O–H groups in total. The minimum absolute atomic E-state index is 0.311. The second kappa shape index (κ2) is 3.18. The number of primary amides is 1. The van der Waals surface area contributed by atoms with Crippen molar-refractivity contribution in [1.82, 2.24) is 0 Å². The standard InChI is InChI=1S/C8H7N3OS/c9-8(12)6-7-5(1-2-13-7)3-10-4-11-6/h1,3-4H,2H2,(H2,9,12). The number of aliphatic imine (C=N–C) groups is 2. The fourth-order valence-electron chi connectivity index (χ4n) is 1.15. The Balaban J connectivity index is 2.53. The molecule has 4 nitrogen and oxygen atoms in total. The van der Waals surface area contributed by atoms with E-state index in [0.717, 1.165) is 16.2 Å². The summed E-state index contributed by atoms with van der Waals surface area (Å²) in [5.41, 5.74) is 6.44. The molecule has 1 amide bonds. The number of allylic oxidation sites excluding steroid dienone is 1. The summed E-state index contributed by atoms with van der Waals surface area (Å²) in [4.78, 5) is 19.6. The Kier molecular flexibility index (Phi) is 2.02. The van der Waals surface area contributed by atoms with Crippen LogP contribution in [-0.2, 0) is 4.79 Å². The molecule has 2 heterocycles. The number of rotatable bonds is 1. The minimum atomic E-state index is -0.503. The van der Waals surface area contributed by atoms with Gasteiger partial charge in [-0.2, -0.15) is 0 Å². The van der Waals surface area contributed by atoms with Crippen molar-refractivity contribution in [3.8, 4) is 0 Å². The number of fused-ring (bicyclic) bond motifs is 1. The first-order chi connectivity index (χ1) is 6.29. The summed E-state index contributed by atoms with van der Waals surface area (Å²) in [7, 11) is 0. The molecule has 2 aliphatic heterocycles. The summed E-state index contributed by atoms with van der Waals surface area (Å²) in [5, 5.41) is 0. The van der Waals surface area contributed by atoms with Crippen LogP contribution in [0.15, 0.2) is 32.2 Å². The van der Waals surface area contributed by atoms with E-state index in [1.165, 1.54) is 6.34 Å². The van der Waals surface area contributed by atoms with Crippen LogP contribution in [0.5, 0.6) is 0 Å². The molecule has 0 radical (unpaired) electrons. The van der Waals surface area contributed by atoms with Gasteiger partial charge in [0.1, 0.15) is 12.0 Å². The fourth-order valence-corrected chi connectivity index (χ4v) is 2.17. The number of carbonyl (C=O) groups is 1. The van der Waals surface area contributed by atoms with Gasteiger partial charge in [-0.05, 0) is 0 Å². The summed E-state index contributed by atoms with van der Waals surface area (Å²) < 4.78 is 0. The van der Waals surface area contributed by atoms with Gasteiger partial charge < -0.3 is 5.73 Å². The van der Waals surface area contributed by atoms with Crippen molar-refractivity contribution in [2.24, 2.45) is 15.7 Å². The number of nitrogens with zero attached hydrogens (tertiary/aromatic N) is 2. The number of nitrogens with two attached hydrogens (primary N) is 1. The average molecular weight is 193 g/mol. The van der Waals surface area contributed by atoms with Gasteiger partial charge in [0.25, 0.3) is 5.91 Å². The second-order valence-corrected chi connectivity index (χ2v) is 3.57. The van der Waals surface area contributed by atoms with Crippen molar-refractivity contribution in [2.75, 3.05) is 5.75 Å². The van der Waals surface area contributed by atoms with Gasteiger partial charge in [0.2, 0.25) is 0 Å². The molecule has 0 fully saturated rings. The van der Waals surface area contributed by atoms with Crippen molar-refractivity contribution < 1.29 is 4.79 Å². The lowest BCUT2D eigenvalue weighted by Gasteiger charge is -2.00. The maximum Gasteiger partial charge on any atom is 0.268 e.